The van der Waals surface area contributed by atoms with Crippen LogP contribution in [0.15, 0.2) is 30.3 Å². The first-order chi connectivity index (χ1) is 12.5. The monoisotopic (exact) mass is 352 g/mol. The number of nitrogens with zero attached hydrogens (tertiary/aromatic N) is 1. The molecule has 0 radical (unpaired) electrons. The molecule has 1 fully saturated rings. The molecule has 2 aromatic carbocycles. The van der Waals surface area contributed by atoms with Crippen LogP contribution in [0.3, 0.4) is 0 Å². The van der Waals surface area contributed by atoms with Crippen molar-refractivity contribution in [3.63, 3.8) is 0 Å². The topological polar surface area (TPSA) is 41.6 Å². The number of benzene rings is 2. The van der Waals surface area contributed by atoms with Crippen LogP contribution in [0.4, 0.5) is 11.4 Å². The van der Waals surface area contributed by atoms with Crippen LogP contribution in [-0.2, 0) is 4.79 Å². The lowest BCUT2D eigenvalue weighted by Crippen LogP contribution is -2.22. The highest BCUT2D eigenvalue weighted by atomic mass is 16.5. The molecule has 0 spiro atoms. The molecular weight excluding hydrogens is 324 g/mol. The Hall–Kier alpha value is -2.49. The average molecular weight is 352 g/mol. The van der Waals surface area contributed by atoms with Gasteiger partial charge in [0.2, 0.25) is 0 Å². The van der Waals surface area contributed by atoms with Gasteiger partial charge in [-0.3, -0.25) is 4.79 Å². The number of rotatable bonds is 5. The maximum absolute atomic E-state index is 12.3. The van der Waals surface area contributed by atoms with Crippen LogP contribution in [0, 0.1) is 27.7 Å². The first-order valence-electron chi connectivity index (χ1n) is 9.31. The molecule has 0 aliphatic carbocycles. The van der Waals surface area contributed by atoms with E-state index in [9.17, 15) is 4.79 Å². The van der Waals surface area contributed by atoms with Gasteiger partial charge in [-0.2, -0.15) is 0 Å². The van der Waals surface area contributed by atoms with Crippen molar-refractivity contribution in [2.75, 3.05) is 29.9 Å². The summed E-state index contributed by atoms with van der Waals surface area (Å²) < 4.78 is 5.81. The van der Waals surface area contributed by atoms with Crippen LogP contribution in [-0.4, -0.2) is 25.6 Å². The Morgan fingerprint density at radius 3 is 2.38 bits per heavy atom. The van der Waals surface area contributed by atoms with Gasteiger partial charge in [-0.05, 0) is 81.0 Å². The van der Waals surface area contributed by atoms with Gasteiger partial charge in [-0.1, -0.05) is 12.1 Å². The summed E-state index contributed by atoms with van der Waals surface area (Å²) in [5, 5.41) is 2.97. The summed E-state index contributed by atoms with van der Waals surface area (Å²) in [5.74, 6) is 0.670. The van der Waals surface area contributed by atoms with E-state index in [1.165, 1.54) is 24.1 Å². The van der Waals surface area contributed by atoms with E-state index in [4.69, 9.17) is 4.74 Å². The summed E-state index contributed by atoms with van der Waals surface area (Å²) >= 11 is 0. The number of carbonyl (C=O) groups is 1. The van der Waals surface area contributed by atoms with Crippen LogP contribution >= 0.6 is 0 Å². The summed E-state index contributed by atoms with van der Waals surface area (Å²) in [6, 6.07) is 10.3. The van der Waals surface area contributed by atoms with Crippen molar-refractivity contribution in [1.82, 2.24) is 0 Å². The normalized spacial score (nSPS) is 13.8. The molecule has 4 nitrogen and oxygen atoms in total. The van der Waals surface area contributed by atoms with Crippen molar-refractivity contribution in [3.05, 3.63) is 52.6 Å². The second-order valence-electron chi connectivity index (χ2n) is 7.18. The number of amides is 1. The Bertz CT molecular complexity index is 808. The van der Waals surface area contributed by atoms with Gasteiger partial charge in [0.05, 0.1) is 0 Å². The quantitative estimate of drug-likeness (QED) is 0.859. The fraction of sp³-hybridized carbons (Fsp3) is 0.409. The van der Waals surface area contributed by atoms with Crippen molar-refractivity contribution in [2.24, 2.45) is 0 Å². The standard InChI is InChI=1S/C22H28N2O2/c1-15-7-8-16(2)22(18(15)4)26-14-21(25)23-20-10-9-19(13-17(20)3)24-11-5-6-12-24/h7-10,13H,5-6,11-12,14H2,1-4H3,(H,23,25). The van der Waals surface area contributed by atoms with Gasteiger partial charge >= 0.3 is 0 Å². The smallest absolute Gasteiger partial charge is 0.262 e. The van der Waals surface area contributed by atoms with E-state index in [2.05, 4.69) is 28.4 Å². The fourth-order valence-electron chi connectivity index (χ4n) is 3.43. The molecule has 1 aliphatic rings. The third-order valence-corrected chi connectivity index (χ3v) is 5.18. The summed E-state index contributed by atoms with van der Waals surface area (Å²) in [6.07, 6.45) is 2.51. The number of hydrogen-bond acceptors (Lipinski definition) is 3. The average Bonchev–Trinajstić information content (AvgIpc) is 3.15. The number of aryl methyl sites for hydroxylation is 3. The third kappa shape index (κ3) is 4.01. The molecule has 1 saturated heterocycles. The van der Waals surface area contributed by atoms with Gasteiger partial charge in [-0.15, -0.1) is 0 Å². The molecule has 1 heterocycles. The van der Waals surface area contributed by atoms with Crippen LogP contribution in [0.1, 0.15) is 35.1 Å². The highest BCUT2D eigenvalue weighted by Gasteiger charge is 2.14. The number of hydrogen-bond donors (Lipinski definition) is 1. The van der Waals surface area contributed by atoms with Crippen molar-refractivity contribution in [3.8, 4) is 5.75 Å². The predicted octanol–water partition coefficient (Wildman–Crippen LogP) is 4.54. The minimum absolute atomic E-state index is 0.0124. The molecule has 1 amide bonds. The number of carbonyl (C=O) groups excluding carboxylic acids is 1. The highest BCUT2D eigenvalue weighted by molar-refractivity contribution is 5.93. The van der Waals surface area contributed by atoms with Gasteiger partial charge < -0.3 is 15.0 Å². The fourth-order valence-corrected chi connectivity index (χ4v) is 3.43. The van der Waals surface area contributed by atoms with E-state index in [-0.39, 0.29) is 12.5 Å². The second-order valence-corrected chi connectivity index (χ2v) is 7.18. The van der Waals surface area contributed by atoms with E-state index in [1.807, 2.05) is 39.8 Å². The number of anilines is 2. The largest absolute Gasteiger partial charge is 0.483 e. The van der Waals surface area contributed by atoms with Crippen LogP contribution in [0.2, 0.25) is 0 Å². The van der Waals surface area contributed by atoms with Crippen molar-refractivity contribution >= 4 is 17.3 Å². The molecule has 4 heteroatoms. The first kappa shape index (κ1) is 18.3. The Labute approximate surface area is 156 Å². The maximum Gasteiger partial charge on any atom is 0.262 e. The molecule has 0 atom stereocenters. The zero-order chi connectivity index (χ0) is 18.7. The zero-order valence-electron chi connectivity index (χ0n) is 16.2. The Balaban J connectivity index is 1.62. The lowest BCUT2D eigenvalue weighted by Gasteiger charge is -2.19. The van der Waals surface area contributed by atoms with Crippen molar-refractivity contribution < 1.29 is 9.53 Å². The Morgan fingerprint density at radius 2 is 1.69 bits per heavy atom. The molecule has 138 valence electrons. The van der Waals surface area contributed by atoms with Gasteiger partial charge in [0.1, 0.15) is 5.75 Å². The maximum atomic E-state index is 12.3. The third-order valence-electron chi connectivity index (χ3n) is 5.18. The second kappa shape index (κ2) is 7.81. The van der Waals surface area contributed by atoms with E-state index in [1.54, 1.807) is 0 Å². The van der Waals surface area contributed by atoms with Gasteiger partial charge in [0, 0.05) is 24.5 Å². The van der Waals surface area contributed by atoms with Crippen molar-refractivity contribution in [2.45, 2.75) is 40.5 Å². The lowest BCUT2D eigenvalue weighted by molar-refractivity contribution is -0.118. The molecule has 1 aliphatic heterocycles. The molecule has 0 saturated carbocycles. The first-order valence-corrected chi connectivity index (χ1v) is 9.31. The predicted molar refractivity (Wildman–Crippen MR) is 107 cm³/mol. The summed E-state index contributed by atoms with van der Waals surface area (Å²) in [6.45, 7) is 10.4. The number of nitrogens with one attached hydrogen (secondary N) is 1. The van der Waals surface area contributed by atoms with Crippen LogP contribution in [0.25, 0.3) is 0 Å². The van der Waals surface area contributed by atoms with Crippen LogP contribution < -0.4 is 15.0 Å². The van der Waals surface area contributed by atoms with Gasteiger partial charge in [0.25, 0.3) is 5.91 Å². The summed E-state index contributed by atoms with van der Waals surface area (Å²) in [7, 11) is 0. The SMILES string of the molecule is Cc1cc(N2CCCC2)ccc1NC(=O)COc1c(C)ccc(C)c1C. The molecular formula is C22H28N2O2. The van der Waals surface area contributed by atoms with E-state index in [0.29, 0.717) is 0 Å². The molecule has 2 aromatic rings. The van der Waals surface area contributed by atoms with Gasteiger partial charge in [-0.25, -0.2) is 0 Å². The molecule has 26 heavy (non-hydrogen) atoms. The van der Waals surface area contributed by atoms with Crippen LogP contribution in [0.5, 0.6) is 5.75 Å². The molecule has 1 N–H and O–H groups in total. The summed E-state index contributed by atoms with van der Waals surface area (Å²) in [5.41, 5.74) is 6.46. The molecule has 3 rings (SSSR count). The minimum atomic E-state index is -0.137. The zero-order valence-corrected chi connectivity index (χ0v) is 16.2. The molecule has 0 unspecified atom stereocenters. The van der Waals surface area contributed by atoms with E-state index < -0.39 is 0 Å². The highest BCUT2D eigenvalue weighted by Crippen LogP contribution is 2.27. The Morgan fingerprint density at radius 1 is 1.00 bits per heavy atom. The Kier molecular flexibility index (Phi) is 5.50. The van der Waals surface area contributed by atoms with Crippen molar-refractivity contribution in [1.29, 1.82) is 0 Å². The summed E-state index contributed by atoms with van der Waals surface area (Å²) in [4.78, 5) is 14.7. The van der Waals surface area contributed by atoms with Gasteiger partial charge in [0.15, 0.2) is 6.61 Å². The lowest BCUT2D eigenvalue weighted by atomic mass is 10.1. The number of ether oxygens (including phenoxy) is 1. The minimum Gasteiger partial charge on any atom is -0.483 e. The van der Waals surface area contributed by atoms with E-state index in [0.717, 1.165) is 41.2 Å². The molecule has 0 bridgehead atoms. The molecule has 0 aromatic heterocycles. The van der Waals surface area contributed by atoms with E-state index >= 15 is 0 Å².